The van der Waals surface area contributed by atoms with Gasteiger partial charge < -0.3 is 5.32 Å². The smallest absolute Gasteiger partial charge is 0.325 e. The van der Waals surface area contributed by atoms with Gasteiger partial charge in [0.05, 0.1) is 0 Å². The predicted octanol–water partition coefficient (Wildman–Crippen LogP) is 3.46. The Labute approximate surface area is 132 Å². The normalized spacial score (nSPS) is 11.5. The summed E-state index contributed by atoms with van der Waals surface area (Å²) in [4.78, 5) is 15.1. The van der Waals surface area contributed by atoms with Gasteiger partial charge in [-0.05, 0) is 47.2 Å². The summed E-state index contributed by atoms with van der Waals surface area (Å²) in [6, 6.07) is 5.83. The summed E-state index contributed by atoms with van der Waals surface area (Å²) in [5.41, 5.74) is -0.520. The number of benzene rings is 1. The Hall–Kier alpha value is -1.58. The van der Waals surface area contributed by atoms with Gasteiger partial charge in [-0.25, -0.2) is 4.98 Å². The van der Waals surface area contributed by atoms with Crippen LogP contribution < -0.4 is 10.9 Å². The molecule has 1 N–H and O–H groups in total. The largest absolute Gasteiger partial charge is 0.433 e. The minimum Gasteiger partial charge on any atom is -0.325 e. The second kappa shape index (κ2) is 5.66. The van der Waals surface area contributed by atoms with Crippen molar-refractivity contribution in [2.24, 2.45) is 7.05 Å². The van der Waals surface area contributed by atoms with Gasteiger partial charge in [-0.15, -0.1) is 0 Å². The summed E-state index contributed by atoms with van der Waals surface area (Å²) < 4.78 is 40.2. The van der Waals surface area contributed by atoms with Crippen molar-refractivity contribution in [2.45, 2.75) is 13.1 Å². The lowest BCUT2D eigenvalue weighted by Crippen LogP contribution is -2.24. The highest BCUT2D eigenvalue weighted by Crippen LogP contribution is 2.28. The Morgan fingerprint density at radius 2 is 2.00 bits per heavy atom. The van der Waals surface area contributed by atoms with Crippen LogP contribution in [0.25, 0.3) is 0 Å². The van der Waals surface area contributed by atoms with Crippen molar-refractivity contribution in [2.75, 3.05) is 5.32 Å². The van der Waals surface area contributed by atoms with Crippen molar-refractivity contribution >= 4 is 34.2 Å². The van der Waals surface area contributed by atoms with E-state index in [1.807, 2.05) is 13.0 Å². The minimum absolute atomic E-state index is 0.153. The van der Waals surface area contributed by atoms with Crippen molar-refractivity contribution in [3.05, 3.63) is 49.4 Å². The summed E-state index contributed by atoms with van der Waals surface area (Å²) in [7, 11) is 1.36. The summed E-state index contributed by atoms with van der Waals surface area (Å²) >= 11 is 2.12. The lowest BCUT2D eigenvalue weighted by Gasteiger charge is -2.14. The van der Waals surface area contributed by atoms with Crippen LogP contribution in [0.3, 0.4) is 0 Å². The molecule has 0 spiro atoms. The topological polar surface area (TPSA) is 46.9 Å². The van der Waals surface area contributed by atoms with E-state index >= 15 is 0 Å². The molecule has 0 fully saturated rings. The lowest BCUT2D eigenvalue weighted by atomic mass is 10.2. The van der Waals surface area contributed by atoms with E-state index in [4.69, 9.17) is 0 Å². The van der Waals surface area contributed by atoms with E-state index in [9.17, 15) is 18.0 Å². The van der Waals surface area contributed by atoms with Gasteiger partial charge in [-0.2, -0.15) is 13.2 Å². The molecule has 2 aromatic rings. The number of rotatable bonds is 2. The fourth-order valence-electron chi connectivity index (χ4n) is 1.66. The van der Waals surface area contributed by atoms with Crippen LogP contribution in [0.2, 0.25) is 0 Å². The minimum atomic E-state index is -4.66. The molecular formula is C13H11F3IN3O. The number of hydrogen-bond acceptors (Lipinski definition) is 3. The molecule has 0 aliphatic rings. The molecule has 0 aliphatic heterocycles. The second-order valence-electron chi connectivity index (χ2n) is 4.40. The standard InChI is InChI=1S/C13H11F3IN3O/c1-7-8(17)4-3-5-9(7)18-12-19-10(13(14,15)16)6-11(21)20(12)2/h3-6H,1-2H3,(H,18,19). The van der Waals surface area contributed by atoms with E-state index in [0.717, 1.165) is 13.7 Å². The van der Waals surface area contributed by atoms with Gasteiger partial charge >= 0.3 is 6.18 Å². The number of alkyl halides is 3. The molecule has 0 aliphatic carbocycles. The number of anilines is 2. The van der Waals surface area contributed by atoms with Crippen molar-refractivity contribution in [3.63, 3.8) is 0 Å². The van der Waals surface area contributed by atoms with Gasteiger partial charge in [0.25, 0.3) is 5.56 Å². The Morgan fingerprint density at radius 1 is 1.33 bits per heavy atom. The summed E-state index contributed by atoms with van der Waals surface area (Å²) in [5, 5.41) is 2.78. The molecule has 1 aromatic heterocycles. The van der Waals surface area contributed by atoms with Gasteiger partial charge in [0, 0.05) is 22.4 Å². The molecule has 0 unspecified atom stereocenters. The number of halogens is 4. The maximum atomic E-state index is 12.7. The third kappa shape index (κ3) is 3.36. The SMILES string of the molecule is Cc1c(I)cccc1Nc1nc(C(F)(F)F)cc(=O)n1C. The van der Waals surface area contributed by atoms with Gasteiger partial charge in [-0.3, -0.25) is 9.36 Å². The molecule has 4 nitrogen and oxygen atoms in total. The zero-order chi connectivity index (χ0) is 15.8. The maximum absolute atomic E-state index is 12.7. The number of aromatic nitrogens is 2. The second-order valence-corrected chi connectivity index (χ2v) is 5.56. The third-order valence-corrected chi connectivity index (χ3v) is 4.11. The fourth-order valence-corrected chi connectivity index (χ4v) is 2.16. The molecule has 0 saturated carbocycles. The van der Waals surface area contributed by atoms with E-state index in [2.05, 4.69) is 32.9 Å². The molecule has 0 saturated heterocycles. The van der Waals surface area contributed by atoms with Crippen molar-refractivity contribution in [1.29, 1.82) is 0 Å². The average molecular weight is 409 g/mol. The molecule has 0 atom stereocenters. The quantitative estimate of drug-likeness (QED) is 0.774. The van der Waals surface area contributed by atoms with Gasteiger partial charge in [0.15, 0.2) is 5.69 Å². The van der Waals surface area contributed by atoms with Gasteiger partial charge in [0.1, 0.15) is 0 Å². The van der Waals surface area contributed by atoms with Crippen LogP contribution in [-0.4, -0.2) is 9.55 Å². The molecule has 21 heavy (non-hydrogen) atoms. The van der Waals surface area contributed by atoms with Crippen LogP contribution in [0.5, 0.6) is 0 Å². The van der Waals surface area contributed by atoms with Crippen LogP contribution in [0, 0.1) is 10.5 Å². The van der Waals surface area contributed by atoms with E-state index in [0.29, 0.717) is 11.8 Å². The molecule has 1 heterocycles. The van der Waals surface area contributed by atoms with Crippen molar-refractivity contribution in [1.82, 2.24) is 9.55 Å². The number of nitrogens with one attached hydrogen (secondary N) is 1. The van der Waals surface area contributed by atoms with Crippen LogP contribution in [0.4, 0.5) is 24.8 Å². The Kier molecular flexibility index (Phi) is 4.26. The Bertz CT molecular complexity index is 740. The molecule has 0 bridgehead atoms. The highest BCUT2D eigenvalue weighted by atomic mass is 127. The zero-order valence-corrected chi connectivity index (χ0v) is 13.3. The Morgan fingerprint density at radius 3 is 2.62 bits per heavy atom. The van der Waals surface area contributed by atoms with Crippen LogP contribution in [0.15, 0.2) is 29.1 Å². The summed E-state index contributed by atoms with van der Waals surface area (Å²) in [6.07, 6.45) is -4.66. The first-order valence-electron chi connectivity index (χ1n) is 5.87. The lowest BCUT2D eigenvalue weighted by molar-refractivity contribution is -0.141. The highest BCUT2D eigenvalue weighted by molar-refractivity contribution is 14.1. The molecule has 8 heteroatoms. The monoisotopic (exact) mass is 409 g/mol. The number of hydrogen-bond donors (Lipinski definition) is 1. The highest BCUT2D eigenvalue weighted by Gasteiger charge is 2.34. The summed E-state index contributed by atoms with van der Waals surface area (Å²) in [5.74, 6) is -0.153. The maximum Gasteiger partial charge on any atom is 0.433 e. The van der Waals surface area contributed by atoms with Crippen LogP contribution >= 0.6 is 22.6 Å². The van der Waals surface area contributed by atoms with Gasteiger partial charge in [0.2, 0.25) is 5.95 Å². The van der Waals surface area contributed by atoms with E-state index in [1.165, 1.54) is 7.05 Å². The first-order valence-corrected chi connectivity index (χ1v) is 6.95. The van der Waals surface area contributed by atoms with Crippen LogP contribution in [-0.2, 0) is 13.2 Å². The number of nitrogens with zero attached hydrogens (tertiary/aromatic N) is 2. The van der Waals surface area contributed by atoms with E-state index < -0.39 is 17.4 Å². The molecule has 0 amide bonds. The van der Waals surface area contributed by atoms with Crippen LogP contribution in [0.1, 0.15) is 11.3 Å². The van der Waals surface area contributed by atoms with E-state index in [-0.39, 0.29) is 5.95 Å². The zero-order valence-electron chi connectivity index (χ0n) is 11.1. The van der Waals surface area contributed by atoms with Crippen molar-refractivity contribution < 1.29 is 13.2 Å². The molecule has 0 radical (unpaired) electrons. The van der Waals surface area contributed by atoms with Gasteiger partial charge in [-0.1, -0.05) is 6.07 Å². The molecule has 112 valence electrons. The first-order chi connectivity index (χ1) is 9.70. The molecular weight excluding hydrogens is 398 g/mol. The van der Waals surface area contributed by atoms with Crippen molar-refractivity contribution in [3.8, 4) is 0 Å². The molecule has 1 aromatic carbocycles. The summed E-state index contributed by atoms with van der Waals surface area (Å²) in [6.45, 7) is 1.83. The van der Waals surface area contributed by atoms with E-state index in [1.54, 1.807) is 12.1 Å². The third-order valence-electron chi connectivity index (χ3n) is 2.94. The Balaban J connectivity index is 2.52. The first kappa shape index (κ1) is 15.8. The fraction of sp³-hybridized carbons (Fsp3) is 0.231. The average Bonchev–Trinajstić information content (AvgIpc) is 2.38. The molecule has 2 rings (SSSR count). The predicted molar refractivity (Wildman–Crippen MR) is 81.7 cm³/mol.